The summed E-state index contributed by atoms with van der Waals surface area (Å²) < 4.78 is 0. The Kier molecular flexibility index (Phi) is 3.61. The number of pyridine rings is 1. The molecule has 0 aliphatic carbocycles. The van der Waals surface area contributed by atoms with Crippen LogP contribution in [0.25, 0.3) is 5.57 Å². The molecule has 0 radical (unpaired) electrons. The van der Waals surface area contributed by atoms with Crippen LogP contribution in [0.1, 0.15) is 12.6 Å². The van der Waals surface area contributed by atoms with E-state index in [9.17, 15) is 4.79 Å². The molecule has 1 heterocycles. The van der Waals surface area contributed by atoms with Crippen molar-refractivity contribution in [2.75, 3.05) is 0 Å². The van der Waals surface area contributed by atoms with Crippen molar-refractivity contribution >= 4 is 11.5 Å². The summed E-state index contributed by atoms with van der Waals surface area (Å²) in [5.74, 6) is -0.949. The molecule has 0 saturated heterocycles. The van der Waals surface area contributed by atoms with Crippen LogP contribution in [0.2, 0.25) is 0 Å². The average Bonchev–Trinajstić information content (AvgIpc) is 2.18. The van der Waals surface area contributed by atoms with Gasteiger partial charge in [-0.15, -0.1) is 0 Å². The van der Waals surface area contributed by atoms with Crippen molar-refractivity contribution in [1.29, 1.82) is 0 Å². The lowest BCUT2D eigenvalue weighted by atomic mass is 10.2. The van der Waals surface area contributed by atoms with E-state index >= 15 is 0 Å². The first-order valence-corrected chi connectivity index (χ1v) is 4.19. The van der Waals surface area contributed by atoms with E-state index in [0.29, 0.717) is 0 Å². The normalized spacial score (nSPS) is 11.9. The highest BCUT2D eigenvalue weighted by molar-refractivity contribution is 5.80. The van der Waals surface area contributed by atoms with E-state index in [4.69, 9.17) is 5.11 Å². The van der Waals surface area contributed by atoms with Gasteiger partial charge in [0.2, 0.25) is 0 Å². The summed E-state index contributed by atoms with van der Waals surface area (Å²) >= 11 is 0. The molecule has 1 N–H and O–H groups in total. The standard InChI is InChI=1S/C11H11NO2/c1-9(5-4-7-11(13)14)10-6-2-3-8-12-10/h2-8H,1H3,(H,13,14)/b7-4+,9-5-. The molecular formula is C11H11NO2. The van der Waals surface area contributed by atoms with Crippen LogP contribution in [0.3, 0.4) is 0 Å². The predicted octanol–water partition coefficient (Wildman–Crippen LogP) is 2.13. The average molecular weight is 189 g/mol. The van der Waals surface area contributed by atoms with Gasteiger partial charge in [0.25, 0.3) is 0 Å². The van der Waals surface area contributed by atoms with Gasteiger partial charge in [0.1, 0.15) is 0 Å². The molecule has 0 amide bonds. The zero-order chi connectivity index (χ0) is 10.4. The monoisotopic (exact) mass is 189 g/mol. The number of hydrogen-bond donors (Lipinski definition) is 1. The molecule has 0 fully saturated rings. The lowest BCUT2D eigenvalue weighted by Crippen LogP contribution is -1.86. The molecule has 0 bridgehead atoms. The van der Waals surface area contributed by atoms with Gasteiger partial charge in [-0.1, -0.05) is 18.2 Å². The largest absolute Gasteiger partial charge is 0.478 e. The van der Waals surface area contributed by atoms with Gasteiger partial charge >= 0.3 is 5.97 Å². The molecule has 3 nitrogen and oxygen atoms in total. The molecule has 0 saturated carbocycles. The molecule has 0 aliphatic heterocycles. The summed E-state index contributed by atoms with van der Waals surface area (Å²) in [5.41, 5.74) is 1.78. The Balaban J connectivity index is 2.75. The highest BCUT2D eigenvalue weighted by atomic mass is 16.4. The van der Waals surface area contributed by atoms with Gasteiger partial charge in [-0.3, -0.25) is 4.98 Å². The van der Waals surface area contributed by atoms with Crippen molar-refractivity contribution in [3.8, 4) is 0 Å². The van der Waals surface area contributed by atoms with Crippen molar-refractivity contribution in [1.82, 2.24) is 4.98 Å². The fourth-order valence-electron chi connectivity index (χ4n) is 0.956. The Hall–Kier alpha value is -1.90. The molecular weight excluding hydrogens is 178 g/mol. The van der Waals surface area contributed by atoms with Crippen LogP contribution >= 0.6 is 0 Å². The predicted molar refractivity (Wildman–Crippen MR) is 54.7 cm³/mol. The minimum atomic E-state index is -0.949. The zero-order valence-corrected chi connectivity index (χ0v) is 7.84. The fraction of sp³-hybridized carbons (Fsp3) is 0.0909. The Labute approximate surface area is 82.4 Å². The van der Waals surface area contributed by atoms with Crippen LogP contribution in [-0.2, 0) is 4.79 Å². The number of hydrogen-bond acceptors (Lipinski definition) is 2. The summed E-state index contributed by atoms with van der Waals surface area (Å²) in [4.78, 5) is 14.3. The third-order valence-electron chi connectivity index (χ3n) is 1.65. The van der Waals surface area contributed by atoms with E-state index in [-0.39, 0.29) is 0 Å². The van der Waals surface area contributed by atoms with Crippen LogP contribution < -0.4 is 0 Å². The minimum absolute atomic E-state index is 0.850. The van der Waals surface area contributed by atoms with E-state index in [1.165, 1.54) is 6.08 Å². The number of aromatic nitrogens is 1. The molecule has 0 unspecified atom stereocenters. The molecule has 0 aromatic carbocycles. The molecule has 1 aromatic heterocycles. The third-order valence-corrected chi connectivity index (χ3v) is 1.65. The van der Waals surface area contributed by atoms with E-state index in [2.05, 4.69) is 4.98 Å². The Morgan fingerprint density at radius 3 is 2.86 bits per heavy atom. The number of carboxylic acid groups (broad SMARTS) is 1. The molecule has 0 atom stereocenters. The van der Waals surface area contributed by atoms with Gasteiger partial charge in [0, 0.05) is 12.3 Å². The van der Waals surface area contributed by atoms with E-state index < -0.39 is 5.97 Å². The van der Waals surface area contributed by atoms with Gasteiger partial charge in [-0.2, -0.15) is 0 Å². The number of allylic oxidation sites excluding steroid dienone is 3. The number of carbonyl (C=O) groups is 1. The second-order valence-electron chi connectivity index (χ2n) is 2.76. The SMILES string of the molecule is C/C(=C/C=C/C(=O)O)c1ccccn1. The van der Waals surface area contributed by atoms with Gasteiger partial charge in [0.05, 0.1) is 5.69 Å². The second kappa shape index (κ2) is 4.97. The van der Waals surface area contributed by atoms with Gasteiger partial charge in [-0.05, 0) is 24.6 Å². The maximum Gasteiger partial charge on any atom is 0.328 e. The minimum Gasteiger partial charge on any atom is -0.478 e. The summed E-state index contributed by atoms with van der Waals surface area (Å²) in [6.45, 7) is 1.88. The van der Waals surface area contributed by atoms with Crippen molar-refractivity contribution in [2.24, 2.45) is 0 Å². The van der Waals surface area contributed by atoms with E-state index in [1.54, 1.807) is 12.3 Å². The number of nitrogens with zero attached hydrogens (tertiary/aromatic N) is 1. The molecule has 0 spiro atoms. The van der Waals surface area contributed by atoms with Gasteiger partial charge < -0.3 is 5.11 Å². The number of aliphatic carboxylic acids is 1. The lowest BCUT2D eigenvalue weighted by molar-refractivity contribution is -0.131. The first-order chi connectivity index (χ1) is 6.70. The van der Waals surface area contributed by atoms with Crippen LogP contribution in [0.4, 0.5) is 0 Å². The molecule has 1 aromatic rings. The maximum atomic E-state index is 10.2. The smallest absolute Gasteiger partial charge is 0.328 e. The molecule has 14 heavy (non-hydrogen) atoms. The van der Waals surface area contributed by atoms with Crippen molar-refractivity contribution in [3.05, 3.63) is 48.3 Å². The Bertz CT molecular complexity index is 366. The number of rotatable bonds is 3. The highest BCUT2D eigenvalue weighted by Crippen LogP contribution is 2.09. The van der Waals surface area contributed by atoms with Crippen LogP contribution in [-0.4, -0.2) is 16.1 Å². The summed E-state index contributed by atoms with van der Waals surface area (Å²) in [6.07, 6.45) is 6.00. The van der Waals surface area contributed by atoms with Crippen molar-refractivity contribution < 1.29 is 9.90 Å². The van der Waals surface area contributed by atoms with Crippen LogP contribution in [0.15, 0.2) is 42.6 Å². The third kappa shape index (κ3) is 3.23. The summed E-state index contributed by atoms with van der Waals surface area (Å²) in [5, 5.41) is 8.37. The van der Waals surface area contributed by atoms with Gasteiger partial charge in [0.15, 0.2) is 0 Å². The fourth-order valence-corrected chi connectivity index (χ4v) is 0.956. The molecule has 1 rings (SSSR count). The lowest BCUT2D eigenvalue weighted by Gasteiger charge is -1.96. The Morgan fingerprint density at radius 2 is 2.29 bits per heavy atom. The number of carboxylic acids is 1. The van der Waals surface area contributed by atoms with E-state index in [1.807, 2.05) is 25.1 Å². The topological polar surface area (TPSA) is 50.2 Å². The van der Waals surface area contributed by atoms with Crippen LogP contribution in [0, 0.1) is 0 Å². The molecule has 3 heteroatoms. The zero-order valence-electron chi connectivity index (χ0n) is 7.84. The Morgan fingerprint density at radius 1 is 1.50 bits per heavy atom. The first kappa shape index (κ1) is 10.2. The molecule has 72 valence electrons. The highest BCUT2D eigenvalue weighted by Gasteiger charge is 1.92. The summed E-state index contributed by atoms with van der Waals surface area (Å²) in [7, 11) is 0. The van der Waals surface area contributed by atoms with Crippen LogP contribution in [0.5, 0.6) is 0 Å². The molecule has 0 aliphatic rings. The first-order valence-electron chi connectivity index (χ1n) is 4.19. The van der Waals surface area contributed by atoms with Gasteiger partial charge in [-0.25, -0.2) is 4.79 Å². The second-order valence-corrected chi connectivity index (χ2v) is 2.76. The van der Waals surface area contributed by atoms with Crippen molar-refractivity contribution in [3.63, 3.8) is 0 Å². The van der Waals surface area contributed by atoms with Crippen molar-refractivity contribution in [2.45, 2.75) is 6.92 Å². The van der Waals surface area contributed by atoms with E-state index in [0.717, 1.165) is 17.3 Å². The quantitative estimate of drug-likeness (QED) is 0.585. The summed E-state index contributed by atoms with van der Waals surface area (Å²) in [6, 6.07) is 5.60. The maximum absolute atomic E-state index is 10.2.